The van der Waals surface area contributed by atoms with Crippen LogP contribution in [0.5, 0.6) is 5.75 Å². The van der Waals surface area contributed by atoms with E-state index in [0.717, 1.165) is 49.0 Å². The van der Waals surface area contributed by atoms with Crippen molar-refractivity contribution in [2.24, 2.45) is 0 Å². The number of ether oxygens (including phenoxy) is 1. The summed E-state index contributed by atoms with van der Waals surface area (Å²) in [6, 6.07) is 12.5. The van der Waals surface area contributed by atoms with Crippen LogP contribution in [0.4, 0.5) is 0 Å². The molecule has 4 nitrogen and oxygen atoms in total. The van der Waals surface area contributed by atoms with Gasteiger partial charge in [0.15, 0.2) is 5.78 Å². The Balaban J connectivity index is 1.43. The number of Topliss-reactive ketones (excluding diaryl/α,β-unsaturated/α-hetero) is 1. The quantitative estimate of drug-likeness (QED) is 0.601. The molecule has 1 aliphatic carbocycles. The summed E-state index contributed by atoms with van der Waals surface area (Å²) in [5.41, 5.74) is 4.38. The van der Waals surface area contributed by atoms with Crippen molar-refractivity contribution >= 4 is 27.3 Å². The number of carbonyl (C=O) groups excluding carboxylic acids is 1. The van der Waals surface area contributed by atoms with Crippen molar-refractivity contribution in [3.8, 4) is 5.75 Å². The van der Waals surface area contributed by atoms with Gasteiger partial charge in [-0.3, -0.25) is 4.79 Å². The average Bonchev–Trinajstić information content (AvgIpc) is 3.37. The molecule has 0 saturated carbocycles. The molecule has 0 amide bonds. The summed E-state index contributed by atoms with van der Waals surface area (Å²) in [5, 5.41) is 4.61. The van der Waals surface area contributed by atoms with E-state index in [4.69, 9.17) is 9.72 Å². The van der Waals surface area contributed by atoms with Gasteiger partial charge in [-0.15, -0.1) is 11.3 Å². The monoisotopic (exact) mass is 406 g/mol. The zero-order valence-corrected chi connectivity index (χ0v) is 17.6. The van der Waals surface area contributed by atoms with Gasteiger partial charge in [0.2, 0.25) is 0 Å². The Morgan fingerprint density at radius 2 is 2.03 bits per heavy atom. The van der Waals surface area contributed by atoms with Crippen LogP contribution < -0.4 is 10.1 Å². The average molecular weight is 407 g/mol. The van der Waals surface area contributed by atoms with Crippen LogP contribution in [-0.2, 0) is 6.42 Å². The summed E-state index contributed by atoms with van der Waals surface area (Å²) in [5.74, 6) is 1.65. The fraction of sp³-hybridized carbons (Fsp3) is 0.417. The number of benzene rings is 2. The SMILES string of the molecule is COc1cc2nc(C3CCNCC3)sc2cc1C(=O)C[C@H]1CCc2ccccc21. The predicted octanol–water partition coefficient (Wildman–Crippen LogP) is 5.07. The Morgan fingerprint density at radius 1 is 1.21 bits per heavy atom. The number of piperidine rings is 1. The lowest BCUT2D eigenvalue weighted by Gasteiger charge is -2.20. The Labute approximate surface area is 175 Å². The maximum Gasteiger partial charge on any atom is 0.167 e. The fourth-order valence-corrected chi connectivity index (χ4v) is 5.95. The van der Waals surface area contributed by atoms with E-state index in [1.807, 2.05) is 12.1 Å². The van der Waals surface area contributed by atoms with E-state index < -0.39 is 0 Å². The van der Waals surface area contributed by atoms with Crippen LogP contribution in [0.3, 0.4) is 0 Å². The number of hydrogen-bond acceptors (Lipinski definition) is 5. The van der Waals surface area contributed by atoms with E-state index >= 15 is 0 Å². The molecule has 1 aromatic heterocycles. The van der Waals surface area contributed by atoms with Gasteiger partial charge >= 0.3 is 0 Å². The van der Waals surface area contributed by atoms with Gasteiger partial charge in [0, 0.05) is 18.4 Å². The van der Waals surface area contributed by atoms with E-state index in [0.29, 0.717) is 29.6 Å². The molecule has 150 valence electrons. The van der Waals surface area contributed by atoms with Crippen molar-refractivity contribution < 1.29 is 9.53 Å². The standard InChI is InChI=1S/C24H26N2O2S/c1-28-22-14-20-23(29-24(26-20)16-8-10-25-11-9-16)13-19(22)21(27)12-17-7-6-15-4-2-3-5-18(15)17/h2-5,13-14,16-17,25H,6-12H2,1H3/t17-/m1/s1. The van der Waals surface area contributed by atoms with Gasteiger partial charge in [-0.2, -0.15) is 0 Å². The molecule has 1 fully saturated rings. The molecule has 0 unspecified atom stereocenters. The first-order valence-corrected chi connectivity index (χ1v) is 11.3. The fourth-order valence-electron chi connectivity index (χ4n) is 4.79. The van der Waals surface area contributed by atoms with Gasteiger partial charge in [-0.1, -0.05) is 24.3 Å². The van der Waals surface area contributed by atoms with Crippen LogP contribution >= 0.6 is 11.3 Å². The number of aromatic nitrogens is 1. The summed E-state index contributed by atoms with van der Waals surface area (Å²) < 4.78 is 6.69. The van der Waals surface area contributed by atoms with E-state index in [1.54, 1.807) is 18.4 Å². The number of thiazole rings is 1. The molecular formula is C24H26N2O2S. The second-order valence-corrected chi connectivity index (χ2v) is 9.22. The third-order valence-electron chi connectivity index (χ3n) is 6.40. The second-order valence-electron chi connectivity index (χ2n) is 8.16. The summed E-state index contributed by atoms with van der Waals surface area (Å²) in [6.45, 7) is 2.10. The van der Waals surface area contributed by atoms with Crippen LogP contribution in [0.1, 0.15) is 64.0 Å². The van der Waals surface area contributed by atoms with E-state index in [-0.39, 0.29) is 5.78 Å². The highest BCUT2D eigenvalue weighted by Gasteiger charge is 2.27. The van der Waals surface area contributed by atoms with Crippen LogP contribution in [0.25, 0.3) is 10.2 Å². The molecule has 2 aromatic carbocycles. The number of ketones is 1. The second kappa shape index (κ2) is 7.88. The van der Waals surface area contributed by atoms with Crippen LogP contribution in [-0.4, -0.2) is 31.0 Å². The lowest BCUT2D eigenvalue weighted by Crippen LogP contribution is -2.26. The Morgan fingerprint density at radius 3 is 2.86 bits per heavy atom. The topological polar surface area (TPSA) is 51.2 Å². The summed E-state index contributed by atoms with van der Waals surface area (Å²) >= 11 is 1.74. The zero-order chi connectivity index (χ0) is 19.8. The maximum absolute atomic E-state index is 13.2. The highest BCUT2D eigenvalue weighted by Crippen LogP contribution is 2.39. The van der Waals surface area contributed by atoms with Crippen molar-refractivity contribution in [1.29, 1.82) is 0 Å². The first-order chi connectivity index (χ1) is 14.2. The molecule has 2 heterocycles. The number of nitrogens with one attached hydrogen (secondary N) is 1. The predicted molar refractivity (Wildman–Crippen MR) is 117 cm³/mol. The lowest BCUT2D eigenvalue weighted by molar-refractivity contribution is 0.0971. The minimum atomic E-state index is 0.169. The summed E-state index contributed by atoms with van der Waals surface area (Å²) in [6.07, 6.45) is 4.92. The molecule has 3 aromatic rings. The molecule has 1 aliphatic heterocycles. The van der Waals surface area contributed by atoms with Crippen molar-refractivity contribution in [3.05, 3.63) is 58.1 Å². The lowest BCUT2D eigenvalue weighted by atomic mass is 9.93. The number of nitrogens with zero attached hydrogens (tertiary/aromatic N) is 1. The number of carbonyl (C=O) groups is 1. The molecule has 29 heavy (non-hydrogen) atoms. The highest BCUT2D eigenvalue weighted by molar-refractivity contribution is 7.18. The molecule has 5 heteroatoms. The van der Waals surface area contributed by atoms with Crippen LogP contribution in [0.15, 0.2) is 36.4 Å². The largest absolute Gasteiger partial charge is 0.496 e. The maximum atomic E-state index is 13.2. The van der Waals surface area contributed by atoms with Crippen molar-refractivity contribution in [2.45, 2.75) is 43.9 Å². The molecule has 0 radical (unpaired) electrons. The third-order valence-corrected chi connectivity index (χ3v) is 7.58. The Hall–Kier alpha value is -2.24. The molecule has 1 N–H and O–H groups in total. The molecule has 2 aliphatic rings. The van der Waals surface area contributed by atoms with Crippen molar-refractivity contribution in [1.82, 2.24) is 10.3 Å². The Kier molecular flexibility index (Phi) is 5.10. The zero-order valence-electron chi connectivity index (χ0n) is 16.7. The highest BCUT2D eigenvalue weighted by atomic mass is 32.1. The van der Waals surface area contributed by atoms with Crippen LogP contribution in [0.2, 0.25) is 0 Å². The molecule has 1 saturated heterocycles. The van der Waals surface area contributed by atoms with Crippen molar-refractivity contribution in [2.75, 3.05) is 20.2 Å². The van der Waals surface area contributed by atoms with E-state index in [2.05, 4.69) is 29.6 Å². The normalized spacial score (nSPS) is 19.4. The van der Waals surface area contributed by atoms with Gasteiger partial charge in [0.1, 0.15) is 5.75 Å². The summed E-state index contributed by atoms with van der Waals surface area (Å²) in [7, 11) is 1.64. The summed E-state index contributed by atoms with van der Waals surface area (Å²) in [4.78, 5) is 18.1. The van der Waals surface area contributed by atoms with Crippen LogP contribution in [0, 0.1) is 0 Å². The van der Waals surface area contributed by atoms with E-state index in [9.17, 15) is 4.79 Å². The minimum Gasteiger partial charge on any atom is -0.496 e. The van der Waals surface area contributed by atoms with Gasteiger partial charge < -0.3 is 10.1 Å². The molecule has 5 rings (SSSR count). The van der Waals surface area contributed by atoms with Crippen molar-refractivity contribution in [3.63, 3.8) is 0 Å². The Bertz CT molecular complexity index is 1050. The molecule has 0 spiro atoms. The van der Waals surface area contributed by atoms with Gasteiger partial charge in [-0.05, 0) is 61.9 Å². The number of hydrogen-bond donors (Lipinski definition) is 1. The number of aryl methyl sites for hydroxylation is 1. The number of fused-ring (bicyclic) bond motifs is 2. The third kappa shape index (κ3) is 3.58. The van der Waals surface area contributed by atoms with E-state index in [1.165, 1.54) is 16.1 Å². The first-order valence-electron chi connectivity index (χ1n) is 10.5. The van der Waals surface area contributed by atoms with Gasteiger partial charge in [-0.25, -0.2) is 4.98 Å². The molecular weight excluding hydrogens is 380 g/mol. The van der Waals surface area contributed by atoms with Gasteiger partial charge in [0.25, 0.3) is 0 Å². The molecule has 0 bridgehead atoms. The molecule has 1 atom stereocenters. The minimum absolute atomic E-state index is 0.169. The smallest absolute Gasteiger partial charge is 0.167 e. The number of methoxy groups -OCH3 is 1. The number of rotatable bonds is 5. The van der Waals surface area contributed by atoms with Gasteiger partial charge in [0.05, 0.1) is 27.9 Å². The first kappa shape index (κ1) is 18.8.